The van der Waals surface area contributed by atoms with E-state index < -0.39 is 0 Å². The van der Waals surface area contributed by atoms with Gasteiger partial charge in [-0.1, -0.05) is 54.6 Å². The van der Waals surface area contributed by atoms with E-state index >= 15 is 0 Å². The minimum absolute atomic E-state index is 0.331. The quantitative estimate of drug-likeness (QED) is 0.823. The van der Waals surface area contributed by atoms with Crippen LogP contribution in [0.2, 0.25) is 0 Å². The first-order valence-corrected chi connectivity index (χ1v) is 8.28. The molecule has 0 bridgehead atoms. The molecule has 2 aromatic rings. The number of rotatable bonds is 4. The number of carbonyl (C=O) groups is 2. The minimum atomic E-state index is -0.338. The van der Waals surface area contributed by atoms with Crippen LogP contribution < -0.4 is 5.43 Å². The summed E-state index contributed by atoms with van der Waals surface area (Å²) in [5.74, 6) is -0.338. The van der Waals surface area contributed by atoms with Gasteiger partial charge >= 0.3 is 5.24 Å². The summed E-state index contributed by atoms with van der Waals surface area (Å²) in [6, 6.07) is 19.0. The van der Waals surface area contributed by atoms with Crippen LogP contribution in [-0.2, 0) is 4.79 Å². The van der Waals surface area contributed by atoms with Gasteiger partial charge in [-0.05, 0) is 48.0 Å². The number of hydrogen-bond donors (Lipinski definition) is 1. The summed E-state index contributed by atoms with van der Waals surface area (Å²) in [5, 5.41) is 0.712. The number of hydrogen-bond acceptors (Lipinski definition) is 4. The van der Waals surface area contributed by atoms with E-state index in [4.69, 9.17) is 0 Å². The van der Waals surface area contributed by atoms with Gasteiger partial charge in [0.2, 0.25) is 0 Å². The van der Waals surface area contributed by atoms with Gasteiger partial charge in [0.05, 0.1) is 10.6 Å². The summed E-state index contributed by atoms with van der Waals surface area (Å²) >= 11 is 0.935. The molecule has 0 unspecified atom stereocenters. The highest BCUT2D eigenvalue weighted by Crippen LogP contribution is 2.31. The highest BCUT2D eigenvalue weighted by Gasteiger charge is 2.35. The van der Waals surface area contributed by atoms with Crippen LogP contribution in [0.3, 0.4) is 0 Å². The largest absolute Gasteiger partial charge is 0.312 e. The van der Waals surface area contributed by atoms with Gasteiger partial charge in [-0.3, -0.25) is 15.0 Å². The fraction of sp³-hybridized carbons (Fsp3) is 0.0526. The summed E-state index contributed by atoms with van der Waals surface area (Å²) in [5.41, 5.74) is 5.50. The molecule has 3 rings (SSSR count). The van der Waals surface area contributed by atoms with E-state index in [2.05, 4.69) is 5.43 Å². The predicted octanol–water partition coefficient (Wildman–Crippen LogP) is 4.70. The fourth-order valence-electron chi connectivity index (χ4n) is 2.27. The molecule has 0 radical (unpaired) electrons. The van der Waals surface area contributed by atoms with E-state index in [0.717, 1.165) is 27.9 Å². The van der Waals surface area contributed by atoms with Gasteiger partial charge in [-0.25, -0.2) is 0 Å². The third kappa shape index (κ3) is 3.75. The zero-order chi connectivity index (χ0) is 16.9. The summed E-state index contributed by atoms with van der Waals surface area (Å²) in [6.45, 7) is 1.91. The van der Waals surface area contributed by atoms with E-state index in [1.807, 2.05) is 61.5 Å². The van der Waals surface area contributed by atoms with Gasteiger partial charge in [0.1, 0.15) is 0 Å². The molecular weight excluding hydrogens is 320 g/mol. The van der Waals surface area contributed by atoms with Crippen LogP contribution in [0.25, 0.3) is 6.08 Å². The zero-order valence-corrected chi connectivity index (χ0v) is 13.9. The average molecular weight is 336 g/mol. The van der Waals surface area contributed by atoms with Crippen LogP contribution in [0.5, 0.6) is 0 Å². The molecule has 1 N–H and O–H groups in total. The molecule has 1 saturated heterocycles. The molecular formula is C19H16N2O2S. The standard InChI is InChI=1S/C19H16N2O2S/c1-14(12-15-8-4-2-5-9-15)13-17-18(22)21(19(23)24-17)20-16-10-6-3-7-11-16/h2-13,20H,1H3. The predicted molar refractivity (Wildman–Crippen MR) is 98.1 cm³/mol. The molecule has 1 heterocycles. The van der Waals surface area contributed by atoms with Crippen molar-refractivity contribution in [2.24, 2.45) is 0 Å². The molecule has 0 aliphatic carbocycles. The van der Waals surface area contributed by atoms with Gasteiger partial charge in [-0.2, -0.15) is 5.01 Å². The van der Waals surface area contributed by atoms with Crippen LogP contribution in [-0.4, -0.2) is 16.2 Å². The third-order valence-electron chi connectivity index (χ3n) is 3.36. The average Bonchev–Trinajstić information content (AvgIpc) is 2.84. The molecule has 0 spiro atoms. The van der Waals surface area contributed by atoms with E-state index in [1.54, 1.807) is 18.2 Å². The van der Waals surface area contributed by atoms with Gasteiger partial charge in [0, 0.05) is 0 Å². The van der Waals surface area contributed by atoms with Crippen molar-refractivity contribution in [3.05, 3.63) is 82.8 Å². The van der Waals surface area contributed by atoms with Gasteiger partial charge in [-0.15, -0.1) is 0 Å². The Labute approximate surface area is 144 Å². The molecule has 0 atom stereocenters. The second-order valence-corrected chi connectivity index (χ2v) is 6.29. The summed E-state index contributed by atoms with van der Waals surface area (Å²) < 4.78 is 0. The number of para-hydroxylation sites is 1. The second kappa shape index (κ2) is 7.19. The summed E-state index contributed by atoms with van der Waals surface area (Å²) in [4.78, 5) is 24.9. The molecule has 120 valence electrons. The van der Waals surface area contributed by atoms with Crippen LogP contribution in [0.1, 0.15) is 12.5 Å². The Bertz CT molecular complexity index is 814. The maximum absolute atomic E-state index is 12.4. The fourth-order valence-corrected chi connectivity index (χ4v) is 3.10. The van der Waals surface area contributed by atoms with E-state index in [0.29, 0.717) is 10.6 Å². The van der Waals surface area contributed by atoms with E-state index in [1.165, 1.54) is 0 Å². The lowest BCUT2D eigenvalue weighted by molar-refractivity contribution is -0.121. The lowest BCUT2D eigenvalue weighted by Crippen LogP contribution is -2.33. The number of nitrogens with one attached hydrogen (secondary N) is 1. The zero-order valence-electron chi connectivity index (χ0n) is 13.1. The molecule has 24 heavy (non-hydrogen) atoms. The molecule has 2 amide bonds. The van der Waals surface area contributed by atoms with Crippen LogP contribution in [0, 0.1) is 0 Å². The Balaban J connectivity index is 1.77. The second-order valence-electron chi connectivity index (χ2n) is 5.29. The Morgan fingerprint density at radius 2 is 1.62 bits per heavy atom. The van der Waals surface area contributed by atoms with Crippen molar-refractivity contribution in [2.75, 3.05) is 5.43 Å². The molecule has 1 aliphatic heterocycles. The number of carbonyl (C=O) groups excluding carboxylic acids is 2. The normalized spacial score (nSPS) is 16.8. The van der Waals surface area contributed by atoms with Crippen molar-refractivity contribution < 1.29 is 9.59 Å². The van der Waals surface area contributed by atoms with E-state index in [9.17, 15) is 9.59 Å². The number of thioether (sulfide) groups is 1. The number of imide groups is 1. The van der Waals surface area contributed by atoms with Crippen molar-refractivity contribution in [3.8, 4) is 0 Å². The topological polar surface area (TPSA) is 49.4 Å². The number of allylic oxidation sites excluding steroid dienone is 2. The van der Waals surface area contributed by atoms with Crippen LogP contribution in [0.4, 0.5) is 10.5 Å². The maximum Gasteiger partial charge on any atom is 0.312 e. The molecule has 4 nitrogen and oxygen atoms in total. The number of benzene rings is 2. The molecule has 5 heteroatoms. The first kappa shape index (κ1) is 16.1. The summed E-state index contributed by atoms with van der Waals surface area (Å²) in [6.07, 6.45) is 3.71. The Morgan fingerprint density at radius 1 is 1.00 bits per heavy atom. The number of nitrogens with zero attached hydrogens (tertiary/aromatic N) is 1. The number of hydrazine groups is 1. The Kier molecular flexibility index (Phi) is 4.82. The first-order valence-electron chi connectivity index (χ1n) is 7.46. The molecule has 1 aliphatic rings. The Hall–Kier alpha value is -2.79. The molecule has 0 saturated carbocycles. The van der Waals surface area contributed by atoms with Crippen molar-refractivity contribution in [3.63, 3.8) is 0 Å². The summed E-state index contributed by atoms with van der Waals surface area (Å²) in [7, 11) is 0. The van der Waals surface area contributed by atoms with Crippen LogP contribution >= 0.6 is 11.8 Å². The molecule has 2 aromatic carbocycles. The molecule has 1 fully saturated rings. The van der Waals surface area contributed by atoms with Crippen molar-refractivity contribution in [1.29, 1.82) is 0 Å². The third-order valence-corrected chi connectivity index (χ3v) is 4.23. The van der Waals surface area contributed by atoms with Crippen molar-refractivity contribution in [2.45, 2.75) is 6.92 Å². The SMILES string of the molecule is CC(=Cc1ccccc1)C=C1SC(=O)N(Nc2ccccc2)C1=O. The van der Waals surface area contributed by atoms with Crippen LogP contribution in [0.15, 0.2) is 77.2 Å². The number of amides is 2. The lowest BCUT2D eigenvalue weighted by atomic mass is 10.1. The highest BCUT2D eigenvalue weighted by atomic mass is 32.2. The van der Waals surface area contributed by atoms with Crippen molar-refractivity contribution >= 4 is 34.7 Å². The van der Waals surface area contributed by atoms with Gasteiger partial charge < -0.3 is 0 Å². The maximum atomic E-state index is 12.4. The highest BCUT2D eigenvalue weighted by molar-refractivity contribution is 8.18. The monoisotopic (exact) mass is 336 g/mol. The first-order chi connectivity index (χ1) is 11.6. The molecule has 0 aromatic heterocycles. The van der Waals surface area contributed by atoms with Gasteiger partial charge in [0.25, 0.3) is 5.91 Å². The van der Waals surface area contributed by atoms with Gasteiger partial charge in [0.15, 0.2) is 0 Å². The minimum Gasteiger partial charge on any atom is -0.288 e. The Morgan fingerprint density at radius 3 is 2.29 bits per heavy atom. The smallest absolute Gasteiger partial charge is 0.288 e. The lowest BCUT2D eigenvalue weighted by Gasteiger charge is -2.14. The number of anilines is 1. The van der Waals surface area contributed by atoms with E-state index in [-0.39, 0.29) is 11.1 Å². The van der Waals surface area contributed by atoms with Crippen molar-refractivity contribution in [1.82, 2.24) is 5.01 Å².